The second-order valence-electron chi connectivity index (χ2n) is 4.00. The van der Waals surface area contributed by atoms with Gasteiger partial charge in [-0.3, -0.25) is 4.79 Å². The van der Waals surface area contributed by atoms with Crippen molar-refractivity contribution in [1.82, 2.24) is 9.88 Å². The van der Waals surface area contributed by atoms with Crippen LogP contribution in [0.3, 0.4) is 0 Å². The lowest BCUT2D eigenvalue weighted by Gasteiger charge is -2.05. The lowest BCUT2D eigenvalue weighted by Crippen LogP contribution is -2.27. The number of aromatic carboxylic acids is 1. The Morgan fingerprint density at radius 3 is 2.84 bits per heavy atom. The Labute approximate surface area is 109 Å². The quantitative estimate of drug-likeness (QED) is 0.804. The highest BCUT2D eigenvalue weighted by Crippen LogP contribution is 2.17. The van der Waals surface area contributed by atoms with Crippen LogP contribution in [0.2, 0.25) is 0 Å². The number of carboxylic acids is 1. The van der Waals surface area contributed by atoms with E-state index in [1.54, 1.807) is 29.0 Å². The van der Waals surface area contributed by atoms with E-state index in [-0.39, 0.29) is 24.6 Å². The van der Waals surface area contributed by atoms with Gasteiger partial charge in [-0.05, 0) is 24.3 Å². The zero-order chi connectivity index (χ0) is 13.8. The minimum atomic E-state index is -0.971. The molecule has 1 aromatic carbocycles. The number of carbonyl (C=O) groups is 2. The van der Waals surface area contributed by atoms with E-state index in [2.05, 4.69) is 11.2 Å². The van der Waals surface area contributed by atoms with Crippen LogP contribution in [0.4, 0.5) is 0 Å². The van der Waals surface area contributed by atoms with Crippen molar-refractivity contribution in [2.75, 3.05) is 6.54 Å². The van der Waals surface area contributed by atoms with Gasteiger partial charge in [-0.1, -0.05) is 5.92 Å². The molecule has 5 heteroatoms. The predicted molar refractivity (Wildman–Crippen MR) is 70.7 cm³/mol. The number of hydrogen-bond acceptors (Lipinski definition) is 2. The Balaban J connectivity index is 2.24. The lowest BCUT2D eigenvalue weighted by atomic mass is 10.1. The van der Waals surface area contributed by atoms with Crippen LogP contribution in [0.15, 0.2) is 30.5 Å². The Hall–Kier alpha value is -2.74. The maximum Gasteiger partial charge on any atom is 0.335 e. The van der Waals surface area contributed by atoms with Gasteiger partial charge >= 0.3 is 5.97 Å². The van der Waals surface area contributed by atoms with Crippen LogP contribution in [-0.2, 0) is 11.3 Å². The number of fused-ring (bicyclic) bond motifs is 1. The number of nitrogens with one attached hydrogen (secondary N) is 1. The van der Waals surface area contributed by atoms with Crippen LogP contribution >= 0.6 is 0 Å². The molecule has 0 aliphatic rings. The standard InChI is InChI=1S/C14H12N2O3/c1-2-6-15-13(17)9-16-7-5-10-8-11(14(18)19)3-4-12(10)16/h1,3-5,7-8H,6,9H2,(H,15,17)(H,18,19). The van der Waals surface area contributed by atoms with Crippen molar-refractivity contribution in [3.8, 4) is 12.3 Å². The maximum absolute atomic E-state index is 11.6. The van der Waals surface area contributed by atoms with Crippen molar-refractivity contribution in [3.63, 3.8) is 0 Å². The average molecular weight is 256 g/mol. The molecule has 0 saturated carbocycles. The molecule has 2 N–H and O–H groups in total. The van der Waals surface area contributed by atoms with E-state index in [9.17, 15) is 9.59 Å². The van der Waals surface area contributed by atoms with E-state index in [1.807, 2.05) is 0 Å². The summed E-state index contributed by atoms with van der Waals surface area (Å²) in [5, 5.41) is 12.3. The Bertz CT molecular complexity index is 680. The topological polar surface area (TPSA) is 71.3 Å². The fraction of sp³-hybridized carbons (Fsp3) is 0.143. The van der Waals surface area contributed by atoms with E-state index >= 15 is 0 Å². The number of carboxylic acid groups (broad SMARTS) is 1. The summed E-state index contributed by atoms with van der Waals surface area (Å²) in [6, 6.07) is 6.55. The van der Waals surface area contributed by atoms with Gasteiger partial charge in [0.2, 0.25) is 5.91 Å². The molecular formula is C14H12N2O3. The van der Waals surface area contributed by atoms with E-state index in [0.29, 0.717) is 0 Å². The summed E-state index contributed by atoms with van der Waals surface area (Å²) >= 11 is 0. The summed E-state index contributed by atoms with van der Waals surface area (Å²) in [5.41, 5.74) is 1.03. The molecule has 0 fully saturated rings. The molecule has 1 aromatic heterocycles. The summed E-state index contributed by atoms with van der Waals surface area (Å²) in [6.07, 6.45) is 6.80. The lowest BCUT2D eigenvalue weighted by molar-refractivity contribution is -0.121. The van der Waals surface area contributed by atoms with Crippen molar-refractivity contribution >= 4 is 22.8 Å². The van der Waals surface area contributed by atoms with Gasteiger partial charge in [0.25, 0.3) is 0 Å². The van der Waals surface area contributed by atoms with Crippen molar-refractivity contribution in [2.45, 2.75) is 6.54 Å². The zero-order valence-electron chi connectivity index (χ0n) is 10.1. The fourth-order valence-corrected chi connectivity index (χ4v) is 1.83. The third-order valence-electron chi connectivity index (χ3n) is 2.72. The molecule has 0 unspecified atom stereocenters. The van der Waals surface area contributed by atoms with Gasteiger partial charge in [0, 0.05) is 17.1 Å². The van der Waals surface area contributed by atoms with Crippen LogP contribution < -0.4 is 5.32 Å². The molecule has 0 aliphatic carbocycles. The number of rotatable bonds is 4. The molecule has 0 bridgehead atoms. The normalized spacial score (nSPS) is 10.1. The van der Waals surface area contributed by atoms with Crippen molar-refractivity contribution in [2.24, 2.45) is 0 Å². The summed E-state index contributed by atoms with van der Waals surface area (Å²) in [7, 11) is 0. The predicted octanol–water partition coefficient (Wildman–Crippen LogP) is 1.09. The van der Waals surface area contributed by atoms with Crippen LogP contribution in [-0.4, -0.2) is 28.1 Å². The number of benzene rings is 1. The van der Waals surface area contributed by atoms with Gasteiger partial charge in [0.1, 0.15) is 6.54 Å². The highest BCUT2D eigenvalue weighted by Gasteiger charge is 2.08. The number of aromatic nitrogens is 1. The Morgan fingerprint density at radius 2 is 2.16 bits per heavy atom. The van der Waals surface area contributed by atoms with E-state index in [4.69, 9.17) is 11.5 Å². The number of nitrogens with zero attached hydrogens (tertiary/aromatic N) is 1. The molecule has 2 aromatic rings. The monoisotopic (exact) mass is 256 g/mol. The van der Waals surface area contributed by atoms with Gasteiger partial charge in [-0.2, -0.15) is 0 Å². The molecule has 5 nitrogen and oxygen atoms in total. The number of hydrogen-bond donors (Lipinski definition) is 2. The fourth-order valence-electron chi connectivity index (χ4n) is 1.83. The van der Waals surface area contributed by atoms with Crippen molar-refractivity contribution in [3.05, 3.63) is 36.0 Å². The van der Waals surface area contributed by atoms with Gasteiger partial charge < -0.3 is 15.0 Å². The third kappa shape index (κ3) is 2.75. The van der Waals surface area contributed by atoms with E-state index in [0.717, 1.165) is 10.9 Å². The van der Waals surface area contributed by atoms with E-state index in [1.165, 1.54) is 6.07 Å². The molecule has 1 amide bonds. The van der Waals surface area contributed by atoms with Gasteiger partial charge in [0.15, 0.2) is 0 Å². The summed E-state index contributed by atoms with van der Waals surface area (Å²) in [4.78, 5) is 22.4. The molecule has 2 rings (SSSR count). The second kappa shape index (κ2) is 5.27. The minimum Gasteiger partial charge on any atom is -0.478 e. The molecule has 0 atom stereocenters. The first-order chi connectivity index (χ1) is 9.11. The van der Waals surface area contributed by atoms with Crippen molar-refractivity contribution in [1.29, 1.82) is 0 Å². The van der Waals surface area contributed by atoms with Gasteiger partial charge in [0.05, 0.1) is 12.1 Å². The highest BCUT2D eigenvalue weighted by atomic mass is 16.4. The SMILES string of the molecule is C#CCNC(=O)Cn1ccc2cc(C(=O)O)ccc21. The zero-order valence-corrected chi connectivity index (χ0v) is 10.1. The van der Waals surface area contributed by atoms with Crippen molar-refractivity contribution < 1.29 is 14.7 Å². The highest BCUT2D eigenvalue weighted by molar-refractivity contribution is 5.94. The maximum atomic E-state index is 11.6. The summed E-state index contributed by atoms with van der Waals surface area (Å²) in [5.74, 6) is 1.18. The first-order valence-electron chi connectivity index (χ1n) is 5.64. The minimum absolute atomic E-state index is 0.150. The smallest absolute Gasteiger partial charge is 0.335 e. The van der Waals surface area contributed by atoms with Crippen LogP contribution in [0.25, 0.3) is 10.9 Å². The van der Waals surface area contributed by atoms with Crippen LogP contribution in [0.1, 0.15) is 10.4 Å². The summed E-state index contributed by atoms with van der Waals surface area (Å²) in [6.45, 7) is 0.346. The molecular weight excluding hydrogens is 244 g/mol. The third-order valence-corrected chi connectivity index (χ3v) is 2.72. The van der Waals surface area contributed by atoms with E-state index < -0.39 is 5.97 Å². The molecule has 0 spiro atoms. The van der Waals surface area contributed by atoms with Gasteiger partial charge in [-0.15, -0.1) is 6.42 Å². The molecule has 0 aliphatic heterocycles. The molecule has 1 heterocycles. The first kappa shape index (κ1) is 12.7. The molecule has 0 saturated heterocycles. The first-order valence-corrected chi connectivity index (χ1v) is 5.64. The molecule has 19 heavy (non-hydrogen) atoms. The number of amides is 1. The number of carbonyl (C=O) groups excluding carboxylic acids is 1. The average Bonchev–Trinajstić information content (AvgIpc) is 2.78. The van der Waals surface area contributed by atoms with Crippen LogP contribution in [0.5, 0.6) is 0 Å². The summed E-state index contributed by atoms with van der Waals surface area (Å²) < 4.78 is 1.74. The molecule has 0 radical (unpaired) electrons. The molecule has 96 valence electrons. The van der Waals surface area contributed by atoms with Gasteiger partial charge in [-0.25, -0.2) is 4.79 Å². The largest absolute Gasteiger partial charge is 0.478 e. The second-order valence-corrected chi connectivity index (χ2v) is 4.00. The Morgan fingerprint density at radius 1 is 1.37 bits per heavy atom. The van der Waals surface area contributed by atoms with Crippen LogP contribution in [0, 0.1) is 12.3 Å². The number of terminal acetylenes is 1. The Kier molecular flexibility index (Phi) is 3.53.